The Morgan fingerprint density at radius 2 is 1.81 bits per heavy atom. The smallest absolute Gasteiger partial charge is 0.336 e. The highest BCUT2D eigenvalue weighted by atomic mass is 32.2. The quantitative estimate of drug-likeness (QED) is 0.318. The van der Waals surface area contributed by atoms with Crippen molar-refractivity contribution in [3.05, 3.63) is 80.2 Å². The molecule has 0 bridgehead atoms. The Hall–Kier alpha value is -3.08. The average Bonchev–Trinajstić information content (AvgIpc) is 2.79. The molecule has 2 heterocycles. The first-order chi connectivity index (χ1) is 15.3. The van der Waals surface area contributed by atoms with E-state index in [-0.39, 0.29) is 23.7 Å². The molecule has 0 amide bonds. The normalized spacial score (nSPS) is 15.8. The second-order valence-electron chi connectivity index (χ2n) is 7.71. The molecule has 0 unspecified atom stereocenters. The zero-order valence-corrected chi connectivity index (χ0v) is 18.4. The van der Waals surface area contributed by atoms with E-state index >= 15 is 0 Å². The van der Waals surface area contributed by atoms with Gasteiger partial charge in [0.25, 0.3) is 5.69 Å². The Bertz CT molecular complexity index is 1330. The van der Waals surface area contributed by atoms with Crippen LogP contribution in [0.3, 0.4) is 0 Å². The minimum Gasteiger partial charge on any atom is -0.423 e. The van der Waals surface area contributed by atoms with Crippen LogP contribution in [0.2, 0.25) is 0 Å². The van der Waals surface area contributed by atoms with Crippen molar-refractivity contribution in [2.75, 3.05) is 26.2 Å². The van der Waals surface area contributed by atoms with Crippen LogP contribution in [-0.4, -0.2) is 48.7 Å². The van der Waals surface area contributed by atoms with Crippen molar-refractivity contribution in [3.63, 3.8) is 0 Å². The fraction of sp³-hybridized carbons (Fsp3) is 0.318. The average molecular weight is 458 g/mol. The number of benzene rings is 2. The van der Waals surface area contributed by atoms with Crippen molar-refractivity contribution in [1.82, 2.24) is 9.21 Å². The Kier molecular flexibility index (Phi) is 6.09. The van der Waals surface area contributed by atoms with Crippen molar-refractivity contribution in [3.8, 4) is 0 Å². The number of nitro groups is 1. The van der Waals surface area contributed by atoms with Gasteiger partial charge in [0.15, 0.2) is 0 Å². The van der Waals surface area contributed by atoms with E-state index in [1.807, 2.05) is 25.1 Å². The molecule has 1 saturated heterocycles. The summed E-state index contributed by atoms with van der Waals surface area (Å²) in [4.78, 5) is 24.4. The lowest BCUT2D eigenvalue weighted by Gasteiger charge is -2.34. The molecule has 9 nitrogen and oxygen atoms in total. The van der Waals surface area contributed by atoms with Crippen LogP contribution in [0.15, 0.2) is 62.6 Å². The number of non-ortho nitro benzene ring substituents is 1. The summed E-state index contributed by atoms with van der Waals surface area (Å²) in [5, 5.41) is 11.9. The maximum Gasteiger partial charge on any atom is 0.336 e. The van der Waals surface area contributed by atoms with Crippen LogP contribution in [0.5, 0.6) is 0 Å². The first-order valence-corrected chi connectivity index (χ1v) is 11.7. The zero-order valence-electron chi connectivity index (χ0n) is 17.6. The van der Waals surface area contributed by atoms with Crippen molar-refractivity contribution in [1.29, 1.82) is 0 Å². The van der Waals surface area contributed by atoms with E-state index in [0.717, 1.165) is 29.0 Å². The molecule has 2 aromatic carbocycles. The van der Waals surface area contributed by atoms with Gasteiger partial charge < -0.3 is 4.42 Å². The Balaban J connectivity index is 1.49. The molecule has 0 N–H and O–H groups in total. The fourth-order valence-electron chi connectivity index (χ4n) is 3.90. The van der Waals surface area contributed by atoms with E-state index in [1.54, 1.807) is 0 Å². The summed E-state index contributed by atoms with van der Waals surface area (Å²) >= 11 is 0. The molecule has 32 heavy (non-hydrogen) atoms. The molecule has 3 aromatic rings. The van der Waals surface area contributed by atoms with Gasteiger partial charge in [0.05, 0.1) is 9.82 Å². The van der Waals surface area contributed by atoms with E-state index in [9.17, 15) is 23.3 Å². The number of fused-ring (bicyclic) bond motifs is 1. The van der Waals surface area contributed by atoms with Gasteiger partial charge in [-0.25, -0.2) is 13.2 Å². The van der Waals surface area contributed by atoms with E-state index in [4.69, 9.17) is 4.42 Å². The lowest BCUT2D eigenvalue weighted by Crippen LogP contribution is -2.48. The van der Waals surface area contributed by atoms with Crippen LogP contribution >= 0.6 is 0 Å². The molecular formula is C22H23N3O6S. The van der Waals surface area contributed by atoms with Crippen molar-refractivity contribution >= 4 is 26.7 Å². The number of hydrogen-bond acceptors (Lipinski definition) is 7. The fourth-order valence-corrected chi connectivity index (χ4v) is 5.36. The van der Waals surface area contributed by atoms with E-state index in [2.05, 4.69) is 4.90 Å². The first kappa shape index (κ1) is 22.1. The third-order valence-corrected chi connectivity index (χ3v) is 7.59. The van der Waals surface area contributed by atoms with Gasteiger partial charge in [-0.1, -0.05) is 25.1 Å². The molecule has 4 rings (SSSR count). The summed E-state index contributed by atoms with van der Waals surface area (Å²) in [6.45, 7) is 3.99. The van der Waals surface area contributed by atoms with Crippen LogP contribution in [0, 0.1) is 10.1 Å². The predicted octanol–water partition coefficient (Wildman–Crippen LogP) is 2.77. The summed E-state index contributed by atoms with van der Waals surface area (Å²) < 4.78 is 32.6. The van der Waals surface area contributed by atoms with Gasteiger partial charge in [0, 0.05) is 56.3 Å². The van der Waals surface area contributed by atoms with E-state index < -0.39 is 20.6 Å². The van der Waals surface area contributed by atoms with Crippen LogP contribution in [0.4, 0.5) is 5.69 Å². The Morgan fingerprint density at radius 1 is 1.06 bits per heavy atom. The number of aryl methyl sites for hydroxylation is 1. The standard InChI is InChI=1S/C22H23N3O6S/c1-2-16-6-7-20-17(13-22(26)31-21(20)12-16)15-23-8-10-24(11-9-23)32(29,30)19-5-3-4-18(14-19)25(27)28/h3-7,12-14H,2,8-11,15H2,1H3. The molecule has 0 spiro atoms. The monoisotopic (exact) mass is 457 g/mol. The molecule has 1 aromatic heterocycles. The molecule has 1 aliphatic rings. The highest BCUT2D eigenvalue weighted by Crippen LogP contribution is 2.24. The molecule has 0 atom stereocenters. The summed E-state index contributed by atoms with van der Waals surface area (Å²) in [7, 11) is -3.83. The van der Waals surface area contributed by atoms with Gasteiger partial charge >= 0.3 is 5.63 Å². The molecule has 0 aliphatic carbocycles. The number of sulfonamides is 1. The lowest BCUT2D eigenvalue weighted by atomic mass is 10.1. The molecule has 10 heteroatoms. The SMILES string of the molecule is CCc1ccc2c(CN3CCN(S(=O)(=O)c4cccc([N+](=O)[O-])c4)CC3)cc(=O)oc2c1. The van der Waals surface area contributed by atoms with Crippen LogP contribution in [-0.2, 0) is 23.0 Å². The van der Waals surface area contributed by atoms with Crippen molar-refractivity contribution < 1.29 is 17.8 Å². The number of hydrogen-bond donors (Lipinski definition) is 0. The topological polar surface area (TPSA) is 114 Å². The maximum atomic E-state index is 12.9. The lowest BCUT2D eigenvalue weighted by molar-refractivity contribution is -0.385. The molecule has 168 valence electrons. The number of rotatable bonds is 6. The third-order valence-electron chi connectivity index (χ3n) is 5.69. The van der Waals surface area contributed by atoms with Crippen LogP contribution in [0.25, 0.3) is 11.0 Å². The number of nitro benzene ring substituents is 1. The third kappa shape index (κ3) is 4.43. The molecule has 1 aliphatic heterocycles. The minimum absolute atomic E-state index is 0.0847. The van der Waals surface area contributed by atoms with Gasteiger partial charge in [-0.15, -0.1) is 0 Å². The highest BCUT2D eigenvalue weighted by Gasteiger charge is 2.29. The molecule has 0 radical (unpaired) electrons. The number of piperazine rings is 1. The van der Waals surface area contributed by atoms with Gasteiger partial charge in [-0.05, 0) is 29.7 Å². The van der Waals surface area contributed by atoms with Crippen molar-refractivity contribution in [2.24, 2.45) is 0 Å². The van der Waals surface area contributed by atoms with E-state index in [0.29, 0.717) is 25.2 Å². The summed E-state index contributed by atoms with van der Waals surface area (Å²) in [6.07, 6.45) is 0.838. The van der Waals surface area contributed by atoms with Gasteiger partial charge in [0.2, 0.25) is 10.0 Å². The molecular weight excluding hydrogens is 434 g/mol. The molecule has 1 fully saturated rings. The minimum atomic E-state index is -3.83. The van der Waals surface area contributed by atoms with Crippen molar-refractivity contribution in [2.45, 2.75) is 24.8 Å². The van der Waals surface area contributed by atoms with E-state index in [1.165, 1.54) is 28.6 Å². The van der Waals surface area contributed by atoms with Gasteiger partial charge in [-0.2, -0.15) is 4.31 Å². The summed E-state index contributed by atoms with van der Waals surface area (Å²) in [5.41, 5.74) is 1.81. The second kappa shape index (κ2) is 8.81. The number of nitrogens with zero attached hydrogens (tertiary/aromatic N) is 3. The summed E-state index contributed by atoms with van der Waals surface area (Å²) in [5.74, 6) is 0. The predicted molar refractivity (Wildman–Crippen MR) is 119 cm³/mol. The van der Waals surface area contributed by atoms with Gasteiger partial charge in [-0.3, -0.25) is 15.0 Å². The zero-order chi connectivity index (χ0) is 22.9. The Morgan fingerprint density at radius 3 is 2.50 bits per heavy atom. The molecule has 0 saturated carbocycles. The largest absolute Gasteiger partial charge is 0.423 e. The highest BCUT2D eigenvalue weighted by molar-refractivity contribution is 7.89. The first-order valence-electron chi connectivity index (χ1n) is 10.3. The second-order valence-corrected chi connectivity index (χ2v) is 9.65. The van der Waals surface area contributed by atoms with Crippen LogP contribution in [0.1, 0.15) is 18.1 Å². The Labute approximate surface area is 185 Å². The maximum absolute atomic E-state index is 12.9. The van der Waals surface area contributed by atoms with Crippen LogP contribution < -0.4 is 5.63 Å². The van der Waals surface area contributed by atoms with Gasteiger partial charge in [0.1, 0.15) is 5.58 Å². The summed E-state index contributed by atoms with van der Waals surface area (Å²) in [6, 6.07) is 12.4.